The largest absolute Gasteiger partial charge is 0.458 e. The highest BCUT2D eigenvalue weighted by atomic mass is 16.8. The van der Waals surface area contributed by atoms with Crippen LogP contribution in [0.2, 0.25) is 0 Å². The number of methoxy groups -OCH3 is 3. The Hall–Kier alpha value is -2.31. The molecule has 0 amide bonds. The van der Waals surface area contributed by atoms with Gasteiger partial charge in [0.15, 0.2) is 31.5 Å². The molecule has 5 aliphatic heterocycles. The van der Waals surface area contributed by atoms with E-state index in [4.69, 9.17) is 66.3 Å². The topological polar surface area (TPSA) is 389 Å². The van der Waals surface area contributed by atoms with Crippen LogP contribution in [0.4, 0.5) is 0 Å². The van der Waals surface area contributed by atoms with Gasteiger partial charge in [-0.25, -0.2) is 4.79 Å². The number of hydrogen-bond acceptors (Lipinski definition) is 27. The first-order valence-electron chi connectivity index (χ1n) is 31.2. The van der Waals surface area contributed by atoms with Crippen molar-refractivity contribution in [1.82, 2.24) is 0 Å². The second-order valence-electron chi connectivity index (χ2n) is 26.7. The molecule has 0 spiro atoms. The lowest BCUT2D eigenvalue weighted by molar-refractivity contribution is -0.385. The number of rotatable bonds is 18. The molecule has 5 heterocycles. The molecule has 33 atom stereocenters. The lowest BCUT2D eigenvalue weighted by Gasteiger charge is -2.69. The summed E-state index contributed by atoms with van der Waals surface area (Å²) in [5, 5.41) is 135. The molecule has 1 aromatic rings. The molecule has 27 nitrogen and oxygen atoms in total. The van der Waals surface area contributed by atoms with E-state index in [2.05, 4.69) is 6.92 Å². The number of ether oxygens (including phenoxy) is 14. The van der Waals surface area contributed by atoms with Crippen molar-refractivity contribution in [2.45, 2.75) is 282 Å². The quantitative estimate of drug-likeness (QED) is 0.0606. The Morgan fingerprint density at radius 1 is 0.580 bits per heavy atom. The van der Waals surface area contributed by atoms with Crippen molar-refractivity contribution in [3.05, 3.63) is 35.9 Å². The average molecular weight is 1260 g/mol. The maximum Gasteiger partial charge on any atom is 0.338 e. The van der Waals surface area contributed by atoms with E-state index < -0.39 is 206 Å². The molecule has 0 aromatic heterocycles. The SMILES string of the molecule is CO[C@H]1[C@H](O)[C@@H](O[C@@H]2[C@@H](C)O[C@@H](O[C@@H]3[C@@H](C)O[C@@H](O[C@@H]4CC[C@@]5(C)[C@@H](CC[C@]6(O)[C@@H]5C[C@H](OC(=O)c5ccccc5)[C@@]5(C)[C@@]6(O)CC[C@]5(O)[C@H](C)O)C4)C[C@H]3OC)C[C@H]2OC)O[C@@H](C)[C@@H]1O[C@H]1O[C@@H](CO)[C@H](O[C@H]2O[C@@H](CO)[C@H](O)[C@H](O)[C@H]2O)[C@@H](O)[C@@H]1O. The van der Waals surface area contributed by atoms with Gasteiger partial charge >= 0.3 is 5.97 Å². The van der Waals surface area contributed by atoms with Crippen molar-refractivity contribution < 1.29 is 132 Å². The van der Waals surface area contributed by atoms with E-state index in [9.17, 15) is 66.1 Å². The van der Waals surface area contributed by atoms with Gasteiger partial charge in [0.05, 0.1) is 72.5 Å². The summed E-state index contributed by atoms with van der Waals surface area (Å²) in [4.78, 5) is 13.8. The highest BCUT2D eigenvalue weighted by molar-refractivity contribution is 5.89. The van der Waals surface area contributed by atoms with Crippen LogP contribution in [0.5, 0.6) is 0 Å². The number of hydrogen-bond donors (Lipinski definition) is 12. The number of carbonyl (C=O) groups is 1. The van der Waals surface area contributed by atoms with Crippen molar-refractivity contribution >= 4 is 5.97 Å². The molecule has 12 N–H and O–H groups in total. The van der Waals surface area contributed by atoms with Crippen molar-refractivity contribution in [2.24, 2.45) is 22.7 Å². The number of aliphatic hydroxyl groups excluding tert-OH is 9. The van der Waals surface area contributed by atoms with E-state index in [1.807, 2.05) is 6.92 Å². The molecular formula is C61H96O27. The summed E-state index contributed by atoms with van der Waals surface area (Å²) >= 11 is 0. The number of esters is 1. The van der Waals surface area contributed by atoms with E-state index in [-0.39, 0.29) is 44.1 Å². The summed E-state index contributed by atoms with van der Waals surface area (Å²) in [6, 6.07) is 8.52. The van der Waals surface area contributed by atoms with Crippen LogP contribution >= 0.6 is 0 Å². The highest BCUT2D eigenvalue weighted by Gasteiger charge is 2.82. The van der Waals surface area contributed by atoms with Crippen LogP contribution in [0.15, 0.2) is 30.3 Å². The van der Waals surface area contributed by atoms with Crippen LogP contribution in [0, 0.1) is 22.7 Å². The van der Waals surface area contributed by atoms with Crippen LogP contribution in [0.3, 0.4) is 0 Å². The van der Waals surface area contributed by atoms with E-state index >= 15 is 0 Å². The monoisotopic (exact) mass is 1260 g/mol. The number of fused-ring (bicyclic) bond motifs is 5. The summed E-state index contributed by atoms with van der Waals surface area (Å²) in [6.45, 7) is 8.98. The molecule has 4 saturated carbocycles. The van der Waals surface area contributed by atoms with Gasteiger partial charge in [-0.05, 0) is 108 Å². The van der Waals surface area contributed by atoms with E-state index in [0.717, 1.165) is 0 Å². The smallest absolute Gasteiger partial charge is 0.338 e. The van der Waals surface area contributed by atoms with Gasteiger partial charge in [0.2, 0.25) is 0 Å². The molecule has 9 fully saturated rings. The van der Waals surface area contributed by atoms with Gasteiger partial charge in [0.25, 0.3) is 0 Å². The van der Waals surface area contributed by atoms with Crippen molar-refractivity contribution in [1.29, 1.82) is 0 Å². The summed E-state index contributed by atoms with van der Waals surface area (Å²) in [6.07, 6.45) is -27.4. The number of benzene rings is 1. The van der Waals surface area contributed by atoms with Crippen LogP contribution in [0.1, 0.15) is 116 Å². The summed E-state index contributed by atoms with van der Waals surface area (Å²) in [5.41, 5.74) is -7.25. The third-order valence-electron chi connectivity index (χ3n) is 22.2. The van der Waals surface area contributed by atoms with Gasteiger partial charge in [-0.15, -0.1) is 0 Å². The molecule has 9 aliphatic rings. The minimum atomic E-state index is -1.90. The molecule has 10 rings (SSSR count). The summed E-state index contributed by atoms with van der Waals surface area (Å²) in [7, 11) is 4.43. The average Bonchev–Trinajstić information content (AvgIpc) is 1.35. The maximum absolute atomic E-state index is 13.8. The highest BCUT2D eigenvalue weighted by Crippen LogP contribution is 2.72. The van der Waals surface area contributed by atoms with Crippen LogP contribution in [0.25, 0.3) is 0 Å². The van der Waals surface area contributed by atoms with E-state index in [1.54, 1.807) is 58.2 Å². The predicted molar refractivity (Wildman–Crippen MR) is 299 cm³/mol. The third-order valence-corrected chi connectivity index (χ3v) is 22.2. The molecule has 27 heteroatoms. The minimum Gasteiger partial charge on any atom is -0.458 e. The fourth-order valence-electron chi connectivity index (χ4n) is 16.9. The molecule has 5 saturated heterocycles. The summed E-state index contributed by atoms with van der Waals surface area (Å²) in [5.74, 6) is -1.10. The zero-order chi connectivity index (χ0) is 63.7. The Morgan fingerprint density at radius 3 is 1.74 bits per heavy atom. The van der Waals surface area contributed by atoms with E-state index in [1.165, 1.54) is 21.1 Å². The van der Waals surface area contributed by atoms with Crippen molar-refractivity contribution in [3.8, 4) is 0 Å². The molecule has 0 unspecified atom stereocenters. The predicted octanol–water partition coefficient (Wildman–Crippen LogP) is -1.21. The molecule has 502 valence electrons. The first kappa shape index (κ1) is 68.5. The molecular weight excluding hydrogens is 1160 g/mol. The Labute approximate surface area is 512 Å². The Bertz CT molecular complexity index is 2470. The van der Waals surface area contributed by atoms with Gasteiger partial charge in [-0.3, -0.25) is 0 Å². The number of aliphatic hydroxyl groups is 12. The first-order chi connectivity index (χ1) is 41.7. The lowest BCUT2D eigenvalue weighted by atomic mass is 9.40. The fourth-order valence-corrected chi connectivity index (χ4v) is 16.9. The van der Waals surface area contributed by atoms with Gasteiger partial charge < -0.3 is 128 Å². The second kappa shape index (κ2) is 26.8. The third kappa shape index (κ3) is 11.9. The normalized spacial score (nSPS) is 51.8. The standard InChI is InChI=1S/C61H96O27/c1-27-48(34(75-7)22-40(78-27)81-33-16-17-57(5)32(21-33)15-18-60(73)38(57)24-39(84-53(71)31-13-11-10-12-14-31)58(6)59(72,30(4)64)19-20-61(58,60)74)85-41-23-35(76-8)49(28(2)79-41)86-56-47(70)52(77-9)50(29(3)80-56)87-55-46(69)44(67)51(37(26-63)83-55)88-54-45(68)43(66)42(65)36(25-62)82-54/h10-14,27-30,32-52,54-56,62-70,72-74H,15-26H2,1-9H3/t27-,28-,29+,30+,32+,33-,34-,35-,36+,37+,38-,39+,40+,41+,42+,43+,44+,45-,46+,47+,48-,49-,50+,51+,52+,54-,55-,56-,57+,58-,59+,60+,61+/m1/s1. The molecule has 1 aromatic carbocycles. The molecule has 88 heavy (non-hydrogen) atoms. The second-order valence-corrected chi connectivity index (χ2v) is 26.7. The van der Waals surface area contributed by atoms with Crippen molar-refractivity contribution in [3.63, 3.8) is 0 Å². The van der Waals surface area contributed by atoms with Gasteiger partial charge in [0, 0.05) is 34.2 Å². The van der Waals surface area contributed by atoms with Gasteiger partial charge in [0.1, 0.15) is 96.7 Å². The van der Waals surface area contributed by atoms with Crippen molar-refractivity contribution in [2.75, 3.05) is 34.5 Å². The molecule has 4 aliphatic carbocycles. The zero-order valence-corrected chi connectivity index (χ0v) is 51.5. The maximum atomic E-state index is 13.8. The van der Waals surface area contributed by atoms with Crippen LogP contribution in [-0.4, -0.2) is 278 Å². The van der Waals surface area contributed by atoms with Gasteiger partial charge in [-0.2, -0.15) is 0 Å². The Morgan fingerprint density at radius 2 is 1.14 bits per heavy atom. The van der Waals surface area contributed by atoms with Gasteiger partial charge in [-0.1, -0.05) is 32.0 Å². The molecule has 0 radical (unpaired) electrons. The van der Waals surface area contributed by atoms with Crippen LogP contribution < -0.4 is 0 Å². The Kier molecular flexibility index (Phi) is 20.9. The summed E-state index contributed by atoms with van der Waals surface area (Å²) < 4.78 is 86.2. The number of carbonyl (C=O) groups excluding carboxylic acids is 1. The van der Waals surface area contributed by atoms with E-state index in [0.29, 0.717) is 37.7 Å². The lowest BCUT2D eigenvalue weighted by Crippen LogP contribution is -2.79. The molecule has 0 bridgehead atoms. The van der Waals surface area contributed by atoms with Crippen LogP contribution in [-0.2, 0) is 66.3 Å². The first-order valence-corrected chi connectivity index (χ1v) is 31.2. The Balaban J connectivity index is 0.730. The zero-order valence-electron chi connectivity index (χ0n) is 51.5. The fraction of sp³-hybridized carbons (Fsp3) is 0.885. The minimum absolute atomic E-state index is 0.00589.